The van der Waals surface area contributed by atoms with E-state index in [9.17, 15) is 8.42 Å². The molecule has 0 radical (unpaired) electrons. The Labute approximate surface area is 78.5 Å². The second-order valence-corrected chi connectivity index (χ2v) is 5.36. The average Bonchev–Trinajstić information content (AvgIpc) is 2.57. The van der Waals surface area contributed by atoms with Gasteiger partial charge in [0.05, 0.1) is 12.1 Å². The third kappa shape index (κ3) is 3.59. The predicted molar refractivity (Wildman–Crippen MR) is 51.2 cm³/mol. The van der Waals surface area contributed by atoms with Crippen molar-refractivity contribution in [1.82, 2.24) is 9.55 Å². The quantitative estimate of drug-likeness (QED) is 0.706. The highest BCUT2D eigenvalue weighted by atomic mass is 32.2. The van der Waals surface area contributed by atoms with E-state index in [4.69, 9.17) is 0 Å². The van der Waals surface area contributed by atoms with Crippen LogP contribution in [-0.2, 0) is 16.4 Å². The van der Waals surface area contributed by atoms with Gasteiger partial charge in [-0.25, -0.2) is 13.4 Å². The minimum Gasteiger partial charge on any atom is -0.337 e. The van der Waals surface area contributed by atoms with Crippen LogP contribution in [0.2, 0.25) is 0 Å². The predicted octanol–water partition coefficient (Wildman–Crippen LogP) is 0.708. The standard InChI is InChI=1S/C8H14N2O2S/c1-2-13(11,12)7-3-5-10-6-4-9-8-10/h4,6,8H,2-3,5,7H2,1H3. The van der Waals surface area contributed by atoms with E-state index >= 15 is 0 Å². The van der Waals surface area contributed by atoms with Crippen LogP contribution in [0, 0.1) is 0 Å². The van der Waals surface area contributed by atoms with Crippen LogP contribution in [0.5, 0.6) is 0 Å². The van der Waals surface area contributed by atoms with E-state index in [1.807, 2.05) is 10.8 Å². The van der Waals surface area contributed by atoms with Crippen molar-refractivity contribution in [1.29, 1.82) is 0 Å². The van der Waals surface area contributed by atoms with Crippen molar-refractivity contribution in [3.05, 3.63) is 18.7 Å². The molecule has 0 fully saturated rings. The number of hydrogen-bond acceptors (Lipinski definition) is 3. The van der Waals surface area contributed by atoms with Crippen molar-refractivity contribution in [2.24, 2.45) is 0 Å². The summed E-state index contributed by atoms with van der Waals surface area (Å²) in [7, 11) is -2.81. The molecule has 0 aromatic carbocycles. The highest BCUT2D eigenvalue weighted by molar-refractivity contribution is 7.91. The van der Waals surface area contributed by atoms with E-state index in [1.54, 1.807) is 19.4 Å². The molecule has 0 aliphatic carbocycles. The fourth-order valence-corrected chi connectivity index (χ4v) is 1.89. The van der Waals surface area contributed by atoms with E-state index in [0.717, 1.165) is 6.54 Å². The summed E-state index contributed by atoms with van der Waals surface area (Å²) in [5, 5.41) is 0. The van der Waals surface area contributed by atoms with Crippen molar-refractivity contribution >= 4 is 9.84 Å². The fourth-order valence-electron chi connectivity index (χ4n) is 1.03. The Kier molecular flexibility index (Phi) is 3.48. The van der Waals surface area contributed by atoms with Gasteiger partial charge in [-0.05, 0) is 6.42 Å². The lowest BCUT2D eigenvalue weighted by atomic mass is 10.5. The monoisotopic (exact) mass is 202 g/mol. The molecule has 13 heavy (non-hydrogen) atoms. The lowest BCUT2D eigenvalue weighted by molar-refractivity contribution is 0.587. The zero-order valence-corrected chi connectivity index (χ0v) is 8.50. The normalized spacial score (nSPS) is 11.8. The maximum Gasteiger partial charge on any atom is 0.150 e. The summed E-state index contributed by atoms with van der Waals surface area (Å²) in [5.41, 5.74) is 0. The van der Waals surface area contributed by atoms with Crippen LogP contribution < -0.4 is 0 Å². The Balaban J connectivity index is 2.30. The van der Waals surface area contributed by atoms with Crippen LogP contribution in [0.1, 0.15) is 13.3 Å². The van der Waals surface area contributed by atoms with Gasteiger partial charge in [-0.3, -0.25) is 0 Å². The molecular formula is C8H14N2O2S. The molecule has 0 spiro atoms. The van der Waals surface area contributed by atoms with Gasteiger partial charge < -0.3 is 4.57 Å². The first-order valence-electron chi connectivity index (χ1n) is 4.30. The Hall–Kier alpha value is -0.840. The molecule has 0 N–H and O–H groups in total. The first-order chi connectivity index (χ1) is 6.14. The largest absolute Gasteiger partial charge is 0.337 e. The van der Waals surface area contributed by atoms with Crippen LogP contribution in [-0.4, -0.2) is 29.5 Å². The Morgan fingerprint density at radius 3 is 2.77 bits per heavy atom. The summed E-state index contributed by atoms with van der Waals surface area (Å²) in [5.74, 6) is 0.499. The van der Waals surface area contributed by atoms with Crippen LogP contribution in [0.4, 0.5) is 0 Å². The van der Waals surface area contributed by atoms with Crippen LogP contribution in [0.25, 0.3) is 0 Å². The summed E-state index contributed by atoms with van der Waals surface area (Å²) in [4.78, 5) is 3.87. The highest BCUT2D eigenvalue weighted by Crippen LogP contribution is 1.96. The molecule has 0 atom stereocenters. The summed E-state index contributed by atoms with van der Waals surface area (Å²) in [6.45, 7) is 2.39. The van der Waals surface area contributed by atoms with Gasteiger partial charge in [-0.1, -0.05) is 6.92 Å². The molecule has 0 saturated carbocycles. The first-order valence-corrected chi connectivity index (χ1v) is 6.12. The van der Waals surface area contributed by atoms with Crippen LogP contribution in [0.3, 0.4) is 0 Å². The molecule has 1 aromatic rings. The summed E-state index contributed by atoms with van der Waals surface area (Å²) in [6.07, 6.45) is 5.87. The first kappa shape index (κ1) is 10.2. The van der Waals surface area contributed by atoms with Gasteiger partial charge in [-0.15, -0.1) is 0 Å². The number of rotatable bonds is 5. The van der Waals surface area contributed by atoms with Crippen LogP contribution >= 0.6 is 0 Å². The maximum atomic E-state index is 11.1. The smallest absolute Gasteiger partial charge is 0.150 e. The zero-order chi connectivity index (χ0) is 9.73. The number of nitrogens with zero attached hydrogens (tertiary/aromatic N) is 2. The van der Waals surface area contributed by atoms with Gasteiger partial charge >= 0.3 is 0 Å². The molecule has 0 unspecified atom stereocenters. The number of aromatic nitrogens is 2. The lowest BCUT2D eigenvalue weighted by Gasteiger charge is -2.01. The summed E-state index contributed by atoms with van der Waals surface area (Å²) >= 11 is 0. The number of sulfone groups is 1. The third-order valence-electron chi connectivity index (χ3n) is 1.87. The maximum absolute atomic E-state index is 11.1. The van der Waals surface area contributed by atoms with E-state index in [-0.39, 0.29) is 11.5 Å². The van der Waals surface area contributed by atoms with Gasteiger partial charge in [0.15, 0.2) is 0 Å². The molecule has 0 amide bonds. The van der Waals surface area contributed by atoms with E-state index in [1.165, 1.54) is 0 Å². The second-order valence-electron chi connectivity index (χ2n) is 2.89. The molecule has 1 rings (SSSR count). The molecule has 74 valence electrons. The van der Waals surface area contributed by atoms with Gasteiger partial charge in [0.25, 0.3) is 0 Å². The van der Waals surface area contributed by atoms with E-state index in [2.05, 4.69) is 4.98 Å². The zero-order valence-electron chi connectivity index (χ0n) is 7.68. The summed E-state index contributed by atoms with van der Waals surface area (Å²) < 4.78 is 24.1. The average molecular weight is 202 g/mol. The lowest BCUT2D eigenvalue weighted by Crippen LogP contribution is -2.10. The molecule has 0 aliphatic rings. The molecule has 1 heterocycles. The molecule has 0 aliphatic heterocycles. The molecule has 1 aromatic heterocycles. The molecule has 4 nitrogen and oxygen atoms in total. The van der Waals surface area contributed by atoms with Crippen molar-refractivity contribution in [2.45, 2.75) is 19.9 Å². The topological polar surface area (TPSA) is 52.0 Å². The molecule has 0 saturated heterocycles. The Bertz CT molecular complexity index is 329. The fraction of sp³-hybridized carbons (Fsp3) is 0.625. The van der Waals surface area contributed by atoms with Crippen molar-refractivity contribution < 1.29 is 8.42 Å². The van der Waals surface area contributed by atoms with Gasteiger partial charge in [0, 0.05) is 24.7 Å². The molecule has 0 bridgehead atoms. The number of imidazole rings is 1. The minimum absolute atomic E-state index is 0.233. The SMILES string of the molecule is CCS(=O)(=O)CCCn1ccnc1. The molecular weight excluding hydrogens is 188 g/mol. The number of aryl methyl sites for hydroxylation is 1. The third-order valence-corrected chi connectivity index (χ3v) is 3.66. The van der Waals surface area contributed by atoms with E-state index < -0.39 is 9.84 Å². The Morgan fingerprint density at radius 2 is 2.23 bits per heavy atom. The minimum atomic E-state index is -2.81. The highest BCUT2D eigenvalue weighted by Gasteiger charge is 2.05. The van der Waals surface area contributed by atoms with Crippen LogP contribution in [0.15, 0.2) is 18.7 Å². The van der Waals surface area contributed by atoms with Gasteiger partial charge in [-0.2, -0.15) is 0 Å². The molecule has 5 heteroatoms. The van der Waals surface area contributed by atoms with Gasteiger partial charge in [0.1, 0.15) is 9.84 Å². The van der Waals surface area contributed by atoms with E-state index in [0.29, 0.717) is 6.42 Å². The Morgan fingerprint density at radius 1 is 1.46 bits per heavy atom. The summed E-state index contributed by atoms with van der Waals surface area (Å²) in [6, 6.07) is 0. The number of hydrogen-bond donors (Lipinski definition) is 0. The van der Waals surface area contributed by atoms with Crippen molar-refractivity contribution in [3.8, 4) is 0 Å². The van der Waals surface area contributed by atoms with Crippen molar-refractivity contribution in [3.63, 3.8) is 0 Å². The van der Waals surface area contributed by atoms with Gasteiger partial charge in [0.2, 0.25) is 0 Å². The van der Waals surface area contributed by atoms with Crippen molar-refractivity contribution in [2.75, 3.05) is 11.5 Å². The second kappa shape index (κ2) is 4.41.